The maximum absolute atomic E-state index is 13.1. The molecule has 0 N–H and O–H groups in total. The predicted molar refractivity (Wildman–Crippen MR) is 60.7 cm³/mol. The van der Waals surface area contributed by atoms with Crippen molar-refractivity contribution in [1.29, 1.82) is 0 Å². The molecule has 0 spiro atoms. The van der Waals surface area contributed by atoms with Gasteiger partial charge in [-0.2, -0.15) is 0 Å². The van der Waals surface area contributed by atoms with Crippen molar-refractivity contribution in [2.24, 2.45) is 0 Å². The molecular weight excluding hydrogens is 284 g/mol. The highest BCUT2D eigenvalue weighted by atomic mass is 32.2. The molecular formula is C12H4F4S2+. The summed E-state index contributed by atoms with van der Waals surface area (Å²) in [6.07, 6.45) is 0. The summed E-state index contributed by atoms with van der Waals surface area (Å²) in [4.78, 5) is 1.99. The molecule has 6 heteroatoms. The molecule has 1 heterocycles. The quantitative estimate of drug-likeness (QED) is 0.449. The lowest BCUT2D eigenvalue weighted by Crippen LogP contribution is -2.01. The van der Waals surface area contributed by atoms with Crippen molar-refractivity contribution in [1.82, 2.24) is 0 Å². The Hall–Kier alpha value is -1.14. The van der Waals surface area contributed by atoms with Gasteiger partial charge in [0, 0.05) is 12.1 Å². The van der Waals surface area contributed by atoms with Crippen LogP contribution < -0.4 is 0 Å². The van der Waals surface area contributed by atoms with Crippen LogP contribution >= 0.6 is 11.8 Å². The lowest BCUT2D eigenvalue weighted by molar-refractivity contribution is 0.499. The zero-order chi connectivity index (χ0) is 12.9. The van der Waals surface area contributed by atoms with Crippen LogP contribution in [-0.2, 0) is 11.8 Å². The third kappa shape index (κ3) is 1.89. The summed E-state index contributed by atoms with van der Waals surface area (Å²) < 4.78 is 52.4. The Bertz CT molecular complexity index is 544. The van der Waals surface area contributed by atoms with Crippen LogP contribution in [0.5, 0.6) is 0 Å². The Balaban J connectivity index is 2.12. The van der Waals surface area contributed by atoms with E-state index < -0.39 is 23.3 Å². The van der Waals surface area contributed by atoms with Gasteiger partial charge in [0.05, 0.1) is 9.79 Å². The van der Waals surface area contributed by atoms with Gasteiger partial charge in [0.25, 0.3) is 11.8 Å². The van der Waals surface area contributed by atoms with Gasteiger partial charge in [-0.05, 0) is 12.1 Å². The maximum Gasteiger partial charge on any atom is 0.287 e. The Morgan fingerprint density at radius 3 is 1.50 bits per heavy atom. The maximum atomic E-state index is 13.1. The van der Waals surface area contributed by atoms with Crippen LogP contribution in [0.2, 0.25) is 0 Å². The molecule has 91 valence electrons. The number of fused-ring (bicyclic) bond motifs is 2. The first-order valence-electron chi connectivity index (χ1n) is 4.88. The smallest absolute Gasteiger partial charge is 0.204 e. The molecule has 0 bridgehead atoms. The minimum Gasteiger partial charge on any atom is -0.204 e. The normalized spacial score (nSPS) is 13.1. The molecule has 0 unspecified atom stereocenters. The van der Waals surface area contributed by atoms with Crippen LogP contribution in [0.3, 0.4) is 0 Å². The van der Waals surface area contributed by atoms with Crippen molar-refractivity contribution in [3.8, 4) is 0 Å². The molecule has 2 aromatic carbocycles. The van der Waals surface area contributed by atoms with Gasteiger partial charge < -0.3 is 0 Å². The fourth-order valence-corrected chi connectivity index (χ4v) is 3.84. The van der Waals surface area contributed by atoms with Crippen LogP contribution in [0.25, 0.3) is 0 Å². The van der Waals surface area contributed by atoms with E-state index in [2.05, 4.69) is 0 Å². The summed E-state index contributed by atoms with van der Waals surface area (Å²) in [7, 11) is 0. The Morgan fingerprint density at radius 1 is 0.667 bits per heavy atom. The van der Waals surface area contributed by atoms with Gasteiger partial charge in [-0.3, -0.25) is 0 Å². The van der Waals surface area contributed by atoms with Gasteiger partial charge in [-0.1, -0.05) is 11.8 Å². The van der Waals surface area contributed by atoms with Crippen LogP contribution in [0.15, 0.2) is 43.8 Å². The van der Waals surface area contributed by atoms with Crippen molar-refractivity contribution >= 4 is 23.5 Å². The predicted octanol–water partition coefficient (Wildman–Crippen LogP) is 4.21. The number of hydrogen-bond donors (Lipinski definition) is 0. The van der Waals surface area contributed by atoms with E-state index in [1.165, 1.54) is 0 Å². The van der Waals surface area contributed by atoms with E-state index in [1.807, 2.05) is 0 Å². The molecule has 0 fully saturated rings. The molecule has 2 aromatic rings. The van der Waals surface area contributed by atoms with Crippen LogP contribution in [0, 0.1) is 23.3 Å². The van der Waals surface area contributed by atoms with Gasteiger partial charge in [0.2, 0.25) is 9.79 Å². The summed E-state index contributed by atoms with van der Waals surface area (Å²) >= 11 is 2.19. The second kappa shape index (κ2) is 4.20. The highest BCUT2D eigenvalue weighted by molar-refractivity contribution is 8.00. The average Bonchev–Trinajstić information content (AvgIpc) is 2.31. The van der Waals surface area contributed by atoms with Crippen molar-refractivity contribution in [2.45, 2.75) is 19.6 Å². The molecule has 18 heavy (non-hydrogen) atoms. The molecule has 0 saturated carbocycles. The van der Waals surface area contributed by atoms with E-state index in [1.54, 1.807) is 0 Å². The molecule has 0 aromatic heterocycles. The molecule has 0 aliphatic carbocycles. The zero-order valence-electron chi connectivity index (χ0n) is 8.64. The summed E-state index contributed by atoms with van der Waals surface area (Å²) in [5, 5.41) is 0. The van der Waals surface area contributed by atoms with Gasteiger partial charge in [-0.15, -0.1) is 0 Å². The fraction of sp³-hybridized carbons (Fsp3) is 0. The highest BCUT2D eigenvalue weighted by Crippen LogP contribution is 2.42. The van der Waals surface area contributed by atoms with Gasteiger partial charge >= 0.3 is 0 Å². The molecule has 1 aliphatic rings. The van der Waals surface area contributed by atoms with E-state index in [-0.39, 0.29) is 0 Å². The van der Waals surface area contributed by atoms with Gasteiger partial charge in [-0.25, -0.2) is 17.6 Å². The topological polar surface area (TPSA) is 0 Å². The molecule has 1 radical (unpaired) electrons. The molecule has 0 nitrogen and oxygen atoms in total. The Morgan fingerprint density at radius 2 is 1.06 bits per heavy atom. The third-order valence-corrected chi connectivity index (χ3v) is 4.90. The minimum atomic E-state index is -0.951. The zero-order valence-corrected chi connectivity index (χ0v) is 10.3. The standard InChI is InChI=1S/C12H4F4S2/c13-5-1-9-10(2-6(5)14)18-12-4-8(16)7(15)3-11(12)17-9/h1-4H/q+1. The lowest BCUT2D eigenvalue weighted by atomic mass is 10.3. The summed E-state index contributed by atoms with van der Waals surface area (Å²) in [6, 6.07) is 4.25. The summed E-state index contributed by atoms with van der Waals surface area (Å²) in [5.41, 5.74) is 0. The van der Waals surface area contributed by atoms with Gasteiger partial charge in [0.1, 0.15) is 0 Å². The minimum absolute atomic E-state index is 0.498. The average molecular weight is 288 g/mol. The fourth-order valence-electron chi connectivity index (χ4n) is 1.58. The van der Waals surface area contributed by atoms with E-state index in [9.17, 15) is 17.6 Å². The summed E-state index contributed by atoms with van der Waals surface area (Å²) in [5.74, 6) is -3.80. The van der Waals surface area contributed by atoms with Crippen molar-refractivity contribution in [3.63, 3.8) is 0 Å². The van der Waals surface area contributed by atoms with Crippen LogP contribution in [-0.4, -0.2) is 0 Å². The van der Waals surface area contributed by atoms with Crippen molar-refractivity contribution < 1.29 is 17.6 Å². The van der Waals surface area contributed by atoms with Crippen LogP contribution in [0.1, 0.15) is 0 Å². The number of halogens is 4. The Kier molecular flexibility index (Phi) is 2.79. The van der Waals surface area contributed by atoms with Crippen molar-refractivity contribution in [3.05, 3.63) is 47.5 Å². The largest absolute Gasteiger partial charge is 0.287 e. The molecule has 0 saturated heterocycles. The Labute approximate surface area is 108 Å². The second-order valence-corrected chi connectivity index (χ2v) is 5.80. The summed E-state index contributed by atoms with van der Waals surface area (Å²) in [6.45, 7) is 0. The molecule has 0 amide bonds. The lowest BCUT2D eigenvalue weighted by Gasteiger charge is -2.08. The SMILES string of the molecule is Fc1cc2c(cc1F)[S+]c1cc(F)c(F)cc1S2. The molecule has 3 rings (SSSR count). The van der Waals surface area contributed by atoms with E-state index in [0.717, 1.165) is 47.8 Å². The first-order valence-corrected chi connectivity index (χ1v) is 6.51. The van der Waals surface area contributed by atoms with E-state index in [4.69, 9.17) is 0 Å². The number of rotatable bonds is 0. The van der Waals surface area contributed by atoms with Crippen molar-refractivity contribution in [2.75, 3.05) is 0 Å². The number of benzene rings is 2. The first kappa shape index (κ1) is 11.9. The number of hydrogen-bond acceptors (Lipinski definition) is 2. The second-order valence-electron chi connectivity index (χ2n) is 3.63. The van der Waals surface area contributed by atoms with E-state index in [0.29, 0.717) is 19.6 Å². The third-order valence-electron chi connectivity index (χ3n) is 2.41. The first-order chi connectivity index (χ1) is 8.54. The highest BCUT2D eigenvalue weighted by Gasteiger charge is 2.33. The monoisotopic (exact) mass is 288 g/mol. The molecule has 0 atom stereocenters. The van der Waals surface area contributed by atoms with Crippen LogP contribution in [0.4, 0.5) is 17.6 Å². The van der Waals surface area contributed by atoms with Gasteiger partial charge in [0.15, 0.2) is 23.3 Å². The molecule has 1 aliphatic heterocycles. The van der Waals surface area contributed by atoms with E-state index >= 15 is 0 Å².